The molecule has 0 amide bonds. The average Bonchev–Trinajstić information content (AvgIpc) is 3.22. The number of esters is 1. The van der Waals surface area contributed by atoms with E-state index in [1.165, 1.54) is 23.8 Å². The van der Waals surface area contributed by atoms with Crippen molar-refractivity contribution in [2.45, 2.75) is 59.8 Å². The number of methoxy groups -OCH3 is 2. The summed E-state index contributed by atoms with van der Waals surface area (Å²) < 4.78 is 16.2. The Morgan fingerprint density at radius 1 is 1.25 bits per heavy atom. The number of allylic oxidation sites excluding steroid dienone is 3. The summed E-state index contributed by atoms with van der Waals surface area (Å²) in [5, 5.41) is 9.74. The molecular weight excluding hydrogens is 356 g/mol. The molecule has 3 atom stereocenters. The Kier molecular flexibility index (Phi) is 8.29. The molecule has 0 bridgehead atoms. The van der Waals surface area contributed by atoms with Crippen molar-refractivity contribution in [1.29, 1.82) is 0 Å². The first kappa shape index (κ1) is 23.1. The van der Waals surface area contributed by atoms with Gasteiger partial charge in [-0.2, -0.15) is 0 Å². The summed E-state index contributed by atoms with van der Waals surface area (Å²) in [5.41, 5.74) is 4.41. The van der Waals surface area contributed by atoms with Gasteiger partial charge in [-0.25, -0.2) is 4.79 Å². The molecule has 5 heteroatoms. The summed E-state index contributed by atoms with van der Waals surface area (Å²) >= 11 is 0. The minimum absolute atomic E-state index is 0.186. The van der Waals surface area contributed by atoms with Crippen molar-refractivity contribution in [1.82, 2.24) is 0 Å². The summed E-state index contributed by atoms with van der Waals surface area (Å²) in [4.78, 5) is 12.9. The quantitative estimate of drug-likeness (QED) is 0.260. The Hall–Kier alpha value is -1.17. The highest BCUT2D eigenvalue weighted by Crippen LogP contribution is 2.53. The maximum atomic E-state index is 12.9. The molecule has 0 heterocycles. The number of aliphatic hydroxyl groups excluding tert-OH is 1. The molecule has 28 heavy (non-hydrogen) atoms. The summed E-state index contributed by atoms with van der Waals surface area (Å²) in [5.74, 6) is 0.654. The van der Waals surface area contributed by atoms with Crippen molar-refractivity contribution in [2.24, 2.45) is 23.2 Å². The standard InChI is InChI=1S/C23H38O5/c1-15(2)18-9-10-23(13-28-14-26-5,21(18)22(25)27-6)11-20-16(3)7-8-19(20)17(4)12-24/h15,17,19,24H,7-14H2,1-6H3/t17-,19-,23-/m0/s1. The monoisotopic (exact) mass is 394 g/mol. The van der Waals surface area contributed by atoms with Crippen LogP contribution in [0.3, 0.4) is 0 Å². The molecule has 0 saturated carbocycles. The van der Waals surface area contributed by atoms with Crippen molar-refractivity contribution >= 4 is 5.97 Å². The first-order valence-electron chi connectivity index (χ1n) is 10.5. The van der Waals surface area contributed by atoms with Crippen LogP contribution in [0.5, 0.6) is 0 Å². The molecule has 2 rings (SSSR count). The van der Waals surface area contributed by atoms with Gasteiger partial charge < -0.3 is 19.3 Å². The molecule has 1 N–H and O–H groups in total. The fourth-order valence-corrected chi connectivity index (χ4v) is 5.11. The summed E-state index contributed by atoms with van der Waals surface area (Å²) in [6, 6.07) is 0. The van der Waals surface area contributed by atoms with Gasteiger partial charge in [-0.15, -0.1) is 0 Å². The molecule has 0 radical (unpaired) electrons. The number of hydrogen-bond donors (Lipinski definition) is 1. The minimum Gasteiger partial charge on any atom is -0.466 e. The van der Waals surface area contributed by atoms with Crippen LogP contribution in [0.25, 0.3) is 0 Å². The average molecular weight is 395 g/mol. The lowest BCUT2D eigenvalue weighted by Gasteiger charge is -2.35. The van der Waals surface area contributed by atoms with Gasteiger partial charge in [-0.3, -0.25) is 0 Å². The van der Waals surface area contributed by atoms with Crippen molar-refractivity contribution in [2.75, 3.05) is 34.2 Å². The van der Waals surface area contributed by atoms with E-state index in [9.17, 15) is 9.90 Å². The van der Waals surface area contributed by atoms with Gasteiger partial charge in [-0.05, 0) is 56.8 Å². The van der Waals surface area contributed by atoms with Gasteiger partial charge in [-0.1, -0.05) is 37.5 Å². The van der Waals surface area contributed by atoms with E-state index in [2.05, 4.69) is 27.7 Å². The van der Waals surface area contributed by atoms with Crippen LogP contribution in [0, 0.1) is 23.2 Å². The van der Waals surface area contributed by atoms with Gasteiger partial charge >= 0.3 is 5.97 Å². The van der Waals surface area contributed by atoms with Crippen molar-refractivity contribution in [3.05, 3.63) is 22.3 Å². The van der Waals surface area contributed by atoms with Crippen LogP contribution in [-0.2, 0) is 19.0 Å². The number of hydrogen-bond acceptors (Lipinski definition) is 5. The first-order valence-corrected chi connectivity index (χ1v) is 10.5. The lowest BCUT2D eigenvalue weighted by Crippen LogP contribution is -2.33. The summed E-state index contributed by atoms with van der Waals surface area (Å²) in [6.07, 6.45) is 4.70. The van der Waals surface area contributed by atoms with Crippen molar-refractivity contribution in [3.8, 4) is 0 Å². The number of carbonyl (C=O) groups excluding carboxylic acids is 1. The zero-order valence-electron chi connectivity index (χ0n) is 18.5. The van der Waals surface area contributed by atoms with Crippen LogP contribution in [0.1, 0.15) is 59.8 Å². The zero-order valence-corrected chi connectivity index (χ0v) is 18.5. The van der Waals surface area contributed by atoms with Gasteiger partial charge in [0.2, 0.25) is 0 Å². The smallest absolute Gasteiger partial charge is 0.334 e. The molecule has 160 valence electrons. The zero-order chi connectivity index (χ0) is 20.9. The van der Waals surface area contributed by atoms with E-state index in [0.29, 0.717) is 18.4 Å². The molecule has 0 aromatic carbocycles. The second kappa shape index (κ2) is 10.0. The maximum Gasteiger partial charge on any atom is 0.334 e. The van der Waals surface area contributed by atoms with Gasteiger partial charge in [0.1, 0.15) is 6.79 Å². The molecule has 0 spiro atoms. The Morgan fingerprint density at radius 2 is 1.96 bits per heavy atom. The molecular formula is C23H38O5. The Morgan fingerprint density at radius 3 is 2.54 bits per heavy atom. The van der Waals surface area contributed by atoms with Gasteiger partial charge in [0.25, 0.3) is 0 Å². The third-order valence-electron chi connectivity index (χ3n) is 6.72. The fourth-order valence-electron chi connectivity index (χ4n) is 5.11. The molecule has 0 fully saturated rings. The molecule has 0 aromatic heterocycles. The van der Waals surface area contributed by atoms with Crippen LogP contribution < -0.4 is 0 Å². The van der Waals surface area contributed by atoms with Gasteiger partial charge in [0.05, 0.1) is 13.7 Å². The third kappa shape index (κ3) is 4.69. The van der Waals surface area contributed by atoms with E-state index in [0.717, 1.165) is 37.7 Å². The molecule has 0 aliphatic heterocycles. The molecule has 2 aliphatic carbocycles. The summed E-state index contributed by atoms with van der Waals surface area (Å²) in [7, 11) is 3.07. The van der Waals surface area contributed by atoms with E-state index < -0.39 is 0 Å². The van der Waals surface area contributed by atoms with Crippen LogP contribution in [0.15, 0.2) is 22.3 Å². The van der Waals surface area contributed by atoms with Crippen molar-refractivity contribution in [3.63, 3.8) is 0 Å². The lowest BCUT2D eigenvalue weighted by atomic mass is 9.72. The molecule has 0 unspecified atom stereocenters. The molecule has 5 nitrogen and oxygen atoms in total. The predicted molar refractivity (Wildman–Crippen MR) is 110 cm³/mol. The maximum absolute atomic E-state index is 12.9. The van der Waals surface area contributed by atoms with Gasteiger partial charge in [0.15, 0.2) is 0 Å². The predicted octanol–water partition coefficient (Wildman–Crippen LogP) is 4.26. The fraction of sp³-hybridized carbons (Fsp3) is 0.783. The Balaban J connectivity index is 2.46. The van der Waals surface area contributed by atoms with E-state index in [1.807, 2.05) is 0 Å². The largest absolute Gasteiger partial charge is 0.466 e. The van der Waals surface area contributed by atoms with Crippen LogP contribution in [0.4, 0.5) is 0 Å². The lowest BCUT2D eigenvalue weighted by molar-refractivity contribution is -0.138. The molecule has 0 aromatic rings. The number of aliphatic hydroxyl groups is 1. The van der Waals surface area contributed by atoms with Crippen LogP contribution in [-0.4, -0.2) is 45.3 Å². The van der Waals surface area contributed by atoms with E-state index in [4.69, 9.17) is 14.2 Å². The SMILES string of the molecule is COCOC[C@@]1(CC2=C(C)CC[C@H]2[C@@H](C)CO)CCC(C(C)C)=C1C(=O)OC. The van der Waals surface area contributed by atoms with Crippen LogP contribution in [0.2, 0.25) is 0 Å². The number of ether oxygens (including phenoxy) is 3. The highest BCUT2D eigenvalue weighted by Gasteiger charge is 2.47. The van der Waals surface area contributed by atoms with Crippen LogP contribution >= 0.6 is 0 Å². The number of carbonyl (C=O) groups is 1. The minimum atomic E-state index is -0.389. The van der Waals surface area contributed by atoms with E-state index in [-0.39, 0.29) is 30.7 Å². The second-order valence-corrected chi connectivity index (χ2v) is 8.87. The normalized spacial score (nSPS) is 26.5. The third-order valence-corrected chi connectivity index (χ3v) is 6.72. The first-order chi connectivity index (χ1) is 13.3. The molecule has 0 saturated heterocycles. The topological polar surface area (TPSA) is 65.0 Å². The highest BCUT2D eigenvalue weighted by atomic mass is 16.7. The Labute approximate surface area is 170 Å². The van der Waals surface area contributed by atoms with E-state index in [1.54, 1.807) is 7.11 Å². The van der Waals surface area contributed by atoms with Gasteiger partial charge in [0, 0.05) is 24.7 Å². The second-order valence-electron chi connectivity index (χ2n) is 8.87. The summed E-state index contributed by atoms with van der Waals surface area (Å²) in [6.45, 7) is 9.43. The number of rotatable bonds is 10. The highest BCUT2D eigenvalue weighted by molar-refractivity contribution is 5.92. The Bertz CT molecular complexity index is 618. The van der Waals surface area contributed by atoms with E-state index >= 15 is 0 Å². The molecule has 2 aliphatic rings. The van der Waals surface area contributed by atoms with Crippen molar-refractivity contribution < 1.29 is 24.1 Å².